The van der Waals surface area contributed by atoms with E-state index in [4.69, 9.17) is 0 Å². The topological polar surface area (TPSA) is 84.5 Å². The van der Waals surface area contributed by atoms with E-state index in [2.05, 4.69) is 70.9 Å². The van der Waals surface area contributed by atoms with Crippen LogP contribution in [0.5, 0.6) is 0 Å². The highest BCUT2D eigenvalue weighted by atomic mass is 19.1. The Balaban J connectivity index is -0.000000196. The molecule has 1 heterocycles. The summed E-state index contributed by atoms with van der Waals surface area (Å²) >= 11 is 0. The first-order valence-electron chi connectivity index (χ1n) is 15.3. The van der Waals surface area contributed by atoms with Crippen LogP contribution in [0.4, 0.5) is 4.39 Å². The summed E-state index contributed by atoms with van der Waals surface area (Å²) in [4.78, 5) is 19.6. The van der Waals surface area contributed by atoms with Gasteiger partial charge in [-0.15, -0.1) is 23.4 Å². The molecule has 1 aromatic rings. The van der Waals surface area contributed by atoms with Gasteiger partial charge in [0, 0.05) is 43.5 Å². The van der Waals surface area contributed by atoms with Crippen LogP contribution >= 0.6 is 0 Å². The summed E-state index contributed by atoms with van der Waals surface area (Å²) in [6.07, 6.45) is 17.1. The number of carbonyl (C=O) groups is 1. The fourth-order valence-electron chi connectivity index (χ4n) is 2.43. The van der Waals surface area contributed by atoms with Gasteiger partial charge >= 0.3 is 0 Å². The lowest BCUT2D eigenvalue weighted by Gasteiger charge is -2.15. The van der Waals surface area contributed by atoms with Crippen molar-refractivity contribution < 1.29 is 9.18 Å². The van der Waals surface area contributed by atoms with E-state index in [1.165, 1.54) is 11.8 Å². The molecule has 8 heteroatoms. The van der Waals surface area contributed by atoms with Crippen LogP contribution in [-0.4, -0.2) is 53.4 Å². The number of carbonyl (C=O) groups excluding carboxylic acids is 1. The van der Waals surface area contributed by atoms with Crippen molar-refractivity contribution >= 4 is 17.8 Å². The molecule has 1 rings (SSSR count). The lowest BCUT2D eigenvalue weighted by Crippen LogP contribution is -2.18. The zero-order chi connectivity index (χ0) is 33.8. The van der Waals surface area contributed by atoms with Crippen LogP contribution in [0.25, 0.3) is 0 Å². The van der Waals surface area contributed by atoms with Gasteiger partial charge in [-0.25, -0.2) is 4.39 Å². The molecule has 1 aromatic heterocycles. The number of aliphatic imine (C=N–C) groups is 2. The van der Waals surface area contributed by atoms with Gasteiger partial charge in [0.1, 0.15) is 18.8 Å². The third kappa shape index (κ3) is 31.4. The molecule has 2 atom stereocenters. The normalized spacial score (nSPS) is 11.9. The zero-order valence-electron chi connectivity index (χ0n) is 29.4. The van der Waals surface area contributed by atoms with Gasteiger partial charge < -0.3 is 14.9 Å². The molecular weight excluding hydrogens is 527 g/mol. The molecule has 0 aliphatic carbocycles. The summed E-state index contributed by atoms with van der Waals surface area (Å²) in [6.45, 7) is 28.7. The van der Waals surface area contributed by atoms with E-state index >= 15 is 0 Å². The maximum absolute atomic E-state index is 11.9. The van der Waals surface area contributed by atoms with Gasteiger partial charge in [-0.2, -0.15) is 0 Å². The van der Waals surface area contributed by atoms with Gasteiger partial charge in [0.05, 0.1) is 0 Å². The standard InChI is InChI=1S/C18H28N4O.C5H11N.C4H9N.C3H5F.2C2H6/c1-6-8-9-10-15(4)18(23)19-12-11-14(3)17-21-20-13-22(17)16(5)7-2;1-4-5(2)6-3;1-3-4-5-2;1-2-3-4;2*1-2/h6,10-14,16H,1,7-9H2,2-5H3,(H,19,23);4H2,1-3H3;4H,3H2,1-2H3;2H,1,3H2;2*1-2H3/b12-11+,15-10+;;;;;. The van der Waals surface area contributed by atoms with Crippen molar-refractivity contribution in [3.05, 3.63) is 61.4 Å². The van der Waals surface area contributed by atoms with Gasteiger partial charge in [0.15, 0.2) is 0 Å². The molecular formula is C34H65FN6O. The Morgan fingerprint density at radius 3 is 2.00 bits per heavy atom. The minimum atomic E-state index is -0.417. The average Bonchev–Trinajstić information content (AvgIpc) is 3.53. The van der Waals surface area contributed by atoms with Crippen LogP contribution in [0.15, 0.2) is 65.5 Å². The number of allylic oxidation sites excluding steroid dienone is 4. The van der Waals surface area contributed by atoms with Crippen molar-refractivity contribution in [2.75, 3.05) is 20.8 Å². The minimum Gasteiger partial charge on any atom is -0.329 e. The van der Waals surface area contributed by atoms with Crippen molar-refractivity contribution in [3.8, 4) is 0 Å². The number of amides is 1. The molecule has 0 aromatic carbocycles. The van der Waals surface area contributed by atoms with Crippen LogP contribution in [0.3, 0.4) is 0 Å². The highest BCUT2D eigenvalue weighted by Gasteiger charge is 2.14. The maximum Gasteiger partial charge on any atom is 0.250 e. The highest BCUT2D eigenvalue weighted by molar-refractivity contribution is 5.93. The van der Waals surface area contributed by atoms with E-state index in [0.717, 1.165) is 37.9 Å². The molecule has 7 nitrogen and oxygen atoms in total. The first kappa shape index (κ1) is 48.6. The first-order valence-corrected chi connectivity index (χ1v) is 15.3. The Morgan fingerprint density at radius 1 is 1.07 bits per heavy atom. The predicted molar refractivity (Wildman–Crippen MR) is 187 cm³/mol. The molecule has 0 saturated carbocycles. The molecule has 0 saturated heterocycles. The van der Waals surface area contributed by atoms with Crippen molar-refractivity contribution in [2.24, 2.45) is 9.98 Å². The van der Waals surface area contributed by atoms with Crippen molar-refractivity contribution in [3.63, 3.8) is 0 Å². The van der Waals surface area contributed by atoms with Crippen LogP contribution in [0.1, 0.15) is 126 Å². The number of rotatable bonds is 12. The van der Waals surface area contributed by atoms with Gasteiger partial charge in [0.25, 0.3) is 0 Å². The quantitative estimate of drug-likeness (QED) is 0.113. The van der Waals surface area contributed by atoms with Gasteiger partial charge in [-0.1, -0.05) is 79.7 Å². The minimum absolute atomic E-state index is 0.0804. The van der Waals surface area contributed by atoms with E-state index in [-0.39, 0.29) is 11.8 Å². The molecule has 2 unspecified atom stereocenters. The molecule has 42 heavy (non-hydrogen) atoms. The molecule has 0 spiro atoms. The number of nitrogens with one attached hydrogen (secondary N) is 1. The van der Waals surface area contributed by atoms with E-state index in [0.29, 0.717) is 11.6 Å². The Hall–Kier alpha value is -3.16. The molecule has 0 fully saturated rings. The van der Waals surface area contributed by atoms with Crippen LogP contribution in [-0.2, 0) is 4.79 Å². The van der Waals surface area contributed by atoms with Crippen molar-refractivity contribution in [2.45, 2.75) is 120 Å². The van der Waals surface area contributed by atoms with E-state index in [1.807, 2.05) is 80.0 Å². The monoisotopic (exact) mass is 593 g/mol. The van der Waals surface area contributed by atoms with E-state index in [9.17, 15) is 9.18 Å². The first-order chi connectivity index (χ1) is 20.1. The maximum atomic E-state index is 11.9. The Bertz CT molecular complexity index is 856. The van der Waals surface area contributed by atoms with Gasteiger partial charge in [0.2, 0.25) is 5.91 Å². The highest BCUT2D eigenvalue weighted by Crippen LogP contribution is 2.19. The summed E-state index contributed by atoms with van der Waals surface area (Å²) in [7, 11) is 3.60. The second kappa shape index (κ2) is 40.0. The Kier molecular flexibility index (Phi) is 46.2. The molecule has 0 bridgehead atoms. The second-order valence-corrected chi connectivity index (χ2v) is 8.33. The van der Waals surface area contributed by atoms with Gasteiger partial charge in [-0.05, 0) is 59.1 Å². The number of hydrogen-bond donors (Lipinski definition) is 1. The summed E-state index contributed by atoms with van der Waals surface area (Å²) in [5.41, 5.74) is 1.93. The smallest absolute Gasteiger partial charge is 0.250 e. The van der Waals surface area contributed by atoms with Crippen LogP contribution < -0.4 is 5.32 Å². The summed E-state index contributed by atoms with van der Waals surface area (Å²) in [5.74, 6) is 0.904. The number of nitrogens with zero attached hydrogens (tertiary/aromatic N) is 5. The predicted octanol–water partition coefficient (Wildman–Crippen LogP) is 9.67. The van der Waals surface area contributed by atoms with Crippen molar-refractivity contribution in [1.29, 1.82) is 0 Å². The Labute approximate surface area is 259 Å². The molecule has 244 valence electrons. The lowest BCUT2D eigenvalue weighted by atomic mass is 10.1. The summed E-state index contributed by atoms with van der Waals surface area (Å²) < 4.78 is 12.7. The number of unbranched alkanes of at least 4 members (excludes halogenated alkanes) is 1. The number of hydrogen-bond acceptors (Lipinski definition) is 5. The lowest BCUT2D eigenvalue weighted by molar-refractivity contribution is -0.116. The van der Waals surface area contributed by atoms with Crippen LogP contribution in [0, 0.1) is 0 Å². The average molecular weight is 593 g/mol. The largest absolute Gasteiger partial charge is 0.329 e. The molecule has 0 aliphatic heterocycles. The second-order valence-electron chi connectivity index (χ2n) is 8.33. The molecule has 1 amide bonds. The molecule has 1 N–H and O–H groups in total. The number of halogens is 1. The molecule has 0 aliphatic rings. The molecule has 0 radical (unpaired) electrons. The zero-order valence-corrected chi connectivity index (χ0v) is 29.4. The third-order valence-corrected chi connectivity index (χ3v) is 5.22. The third-order valence-electron chi connectivity index (χ3n) is 5.22. The number of alkyl halides is 1. The Morgan fingerprint density at radius 2 is 1.64 bits per heavy atom. The summed E-state index contributed by atoms with van der Waals surface area (Å²) in [5, 5.41) is 11.0. The fourth-order valence-corrected chi connectivity index (χ4v) is 2.43. The van der Waals surface area contributed by atoms with Crippen molar-refractivity contribution in [1.82, 2.24) is 20.1 Å². The van der Waals surface area contributed by atoms with E-state index in [1.54, 1.807) is 19.6 Å². The van der Waals surface area contributed by atoms with Crippen LogP contribution in [0.2, 0.25) is 0 Å². The number of aromatic nitrogens is 3. The van der Waals surface area contributed by atoms with Gasteiger partial charge in [-0.3, -0.25) is 9.79 Å². The fraction of sp³-hybridized carbons (Fsp3) is 0.618. The summed E-state index contributed by atoms with van der Waals surface area (Å²) in [6, 6.07) is 0.362. The van der Waals surface area contributed by atoms with E-state index < -0.39 is 6.67 Å². The SMILES string of the molecule is C=CCC/C=C(\C)C(=O)N/C=C/C(C)c1nncn1C(C)CC.C=CCF.CC.CC.CCC(C)=NC.CCC=NC.